The summed E-state index contributed by atoms with van der Waals surface area (Å²) >= 11 is 0. The Morgan fingerprint density at radius 2 is 1.75 bits per heavy atom. The van der Waals surface area contributed by atoms with Crippen LogP contribution in [0.2, 0.25) is 0 Å². The molecular weight excluding hydrogens is 350 g/mol. The van der Waals surface area contributed by atoms with Crippen LogP contribution in [0.1, 0.15) is 28.5 Å². The number of benzene rings is 2. The molecular formula is C23H19N3O2. The number of nitrogens with zero attached hydrogens (tertiary/aromatic N) is 3. The summed E-state index contributed by atoms with van der Waals surface area (Å²) in [5, 5.41) is 18.6. The van der Waals surface area contributed by atoms with Crippen LogP contribution in [0.15, 0.2) is 54.7 Å². The van der Waals surface area contributed by atoms with Crippen molar-refractivity contribution < 1.29 is 9.53 Å². The molecule has 1 heterocycles. The molecule has 0 unspecified atom stereocenters. The maximum absolute atomic E-state index is 12.4. The Bertz CT molecular complexity index is 1100. The molecule has 0 radical (unpaired) electrons. The van der Waals surface area contributed by atoms with Crippen LogP contribution in [0, 0.1) is 22.7 Å². The smallest absolute Gasteiger partial charge is 0.355 e. The predicted molar refractivity (Wildman–Crippen MR) is 106 cm³/mol. The number of esters is 1. The van der Waals surface area contributed by atoms with E-state index in [1.165, 1.54) is 0 Å². The van der Waals surface area contributed by atoms with Gasteiger partial charge in [-0.15, -0.1) is 0 Å². The molecule has 28 heavy (non-hydrogen) atoms. The standard InChI is InChI=1S/C23H19N3O2/c1-3-28-23(27)22-21(19(14-25)15-26(22)2)18-10-8-17(9-11-18)20-7-5-4-6-16(20)12-13-24/h4-11,15H,3,12H2,1-2H3. The third-order valence-electron chi connectivity index (χ3n) is 4.54. The van der Waals surface area contributed by atoms with Crippen LogP contribution in [0.5, 0.6) is 0 Å². The Hall–Kier alpha value is -3.83. The van der Waals surface area contributed by atoms with Crippen molar-refractivity contribution in [2.24, 2.45) is 7.05 Å². The van der Waals surface area contributed by atoms with E-state index < -0.39 is 5.97 Å². The van der Waals surface area contributed by atoms with Gasteiger partial charge in [0.2, 0.25) is 0 Å². The van der Waals surface area contributed by atoms with Crippen molar-refractivity contribution in [3.8, 4) is 34.4 Å². The van der Waals surface area contributed by atoms with Crippen molar-refractivity contribution in [1.29, 1.82) is 10.5 Å². The summed E-state index contributed by atoms with van der Waals surface area (Å²) < 4.78 is 6.79. The molecule has 0 fully saturated rings. The molecule has 0 spiro atoms. The third kappa shape index (κ3) is 3.51. The summed E-state index contributed by atoms with van der Waals surface area (Å²) in [6.07, 6.45) is 1.97. The highest BCUT2D eigenvalue weighted by molar-refractivity contribution is 5.98. The maximum atomic E-state index is 12.4. The first-order chi connectivity index (χ1) is 13.6. The first kappa shape index (κ1) is 18.9. The van der Waals surface area contributed by atoms with Gasteiger partial charge in [-0.1, -0.05) is 48.5 Å². The molecule has 0 saturated carbocycles. The molecule has 5 heteroatoms. The van der Waals surface area contributed by atoms with Crippen LogP contribution in [-0.4, -0.2) is 17.1 Å². The number of carbonyl (C=O) groups is 1. The van der Waals surface area contributed by atoms with Gasteiger partial charge in [0.15, 0.2) is 0 Å². The van der Waals surface area contributed by atoms with Crippen molar-refractivity contribution in [3.05, 3.63) is 71.5 Å². The highest BCUT2D eigenvalue weighted by Gasteiger charge is 2.22. The average molecular weight is 369 g/mol. The lowest BCUT2D eigenvalue weighted by Crippen LogP contribution is -2.10. The normalized spacial score (nSPS) is 10.1. The molecule has 0 amide bonds. The summed E-state index contributed by atoms with van der Waals surface area (Å²) in [6.45, 7) is 2.01. The van der Waals surface area contributed by atoms with E-state index in [0.29, 0.717) is 23.2 Å². The van der Waals surface area contributed by atoms with Crippen molar-refractivity contribution in [2.45, 2.75) is 13.3 Å². The van der Waals surface area contributed by atoms with E-state index in [4.69, 9.17) is 10.00 Å². The number of ether oxygens (including phenoxy) is 1. The number of carbonyl (C=O) groups excluding carboxylic acids is 1. The Kier molecular flexibility index (Phi) is 5.58. The number of hydrogen-bond donors (Lipinski definition) is 0. The second kappa shape index (κ2) is 8.24. The van der Waals surface area contributed by atoms with E-state index in [1.54, 1.807) is 24.7 Å². The molecule has 0 atom stereocenters. The van der Waals surface area contributed by atoms with Crippen LogP contribution < -0.4 is 0 Å². The summed E-state index contributed by atoms with van der Waals surface area (Å²) in [4.78, 5) is 12.4. The lowest BCUT2D eigenvalue weighted by molar-refractivity contribution is 0.0516. The van der Waals surface area contributed by atoms with E-state index in [0.717, 1.165) is 22.3 Å². The van der Waals surface area contributed by atoms with Gasteiger partial charge >= 0.3 is 5.97 Å². The maximum Gasteiger partial charge on any atom is 0.355 e. The number of aromatic nitrogens is 1. The molecule has 138 valence electrons. The van der Waals surface area contributed by atoms with Crippen molar-refractivity contribution in [3.63, 3.8) is 0 Å². The fraction of sp³-hybridized carbons (Fsp3) is 0.174. The van der Waals surface area contributed by atoms with E-state index in [-0.39, 0.29) is 6.61 Å². The fourth-order valence-electron chi connectivity index (χ4n) is 3.31. The molecule has 0 aliphatic heterocycles. The van der Waals surface area contributed by atoms with Crippen molar-refractivity contribution in [1.82, 2.24) is 4.57 Å². The molecule has 2 aromatic carbocycles. The number of nitriles is 2. The Morgan fingerprint density at radius 3 is 2.39 bits per heavy atom. The summed E-state index contributed by atoms with van der Waals surface area (Å²) in [7, 11) is 1.73. The van der Waals surface area contributed by atoms with E-state index >= 15 is 0 Å². The average Bonchev–Trinajstić information content (AvgIpc) is 3.05. The Morgan fingerprint density at radius 1 is 1.07 bits per heavy atom. The number of aryl methyl sites for hydroxylation is 1. The highest BCUT2D eigenvalue weighted by Crippen LogP contribution is 2.32. The Balaban J connectivity index is 2.07. The zero-order valence-corrected chi connectivity index (χ0v) is 15.8. The molecule has 0 saturated heterocycles. The molecule has 0 bridgehead atoms. The van der Waals surface area contributed by atoms with Crippen molar-refractivity contribution in [2.75, 3.05) is 6.61 Å². The molecule has 0 N–H and O–H groups in total. The third-order valence-corrected chi connectivity index (χ3v) is 4.54. The molecule has 0 aliphatic carbocycles. The summed E-state index contributed by atoms with van der Waals surface area (Å²) in [5.74, 6) is -0.454. The zero-order valence-electron chi connectivity index (χ0n) is 15.8. The van der Waals surface area contributed by atoms with E-state index in [2.05, 4.69) is 12.1 Å². The van der Waals surface area contributed by atoms with Gasteiger partial charge in [-0.2, -0.15) is 10.5 Å². The first-order valence-electron chi connectivity index (χ1n) is 8.92. The van der Waals surface area contributed by atoms with Crippen LogP contribution in [0.25, 0.3) is 22.3 Å². The monoisotopic (exact) mass is 369 g/mol. The van der Waals surface area contributed by atoms with Crippen LogP contribution in [0.3, 0.4) is 0 Å². The van der Waals surface area contributed by atoms with E-state index in [9.17, 15) is 10.1 Å². The topological polar surface area (TPSA) is 78.8 Å². The molecule has 5 nitrogen and oxygen atoms in total. The Labute approximate surface area is 164 Å². The lowest BCUT2D eigenvalue weighted by atomic mass is 9.95. The van der Waals surface area contributed by atoms with Gasteiger partial charge in [-0.05, 0) is 29.2 Å². The van der Waals surface area contributed by atoms with Crippen LogP contribution >= 0.6 is 0 Å². The summed E-state index contributed by atoms with van der Waals surface area (Å²) in [6, 6.07) is 19.8. The molecule has 1 aromatic heterocycles. The van der Waals surface area contributed by atoms with Gasteiger partial charge in [0.25, 0.3) is 0 Å². The SMILES string of the molecule is CCOC(=O)c1c(-c2ccc(-c3ccccc3CC#N)cc2)c(C#N)cn1C. The molecule has 3 aromatic rings. The summed E-state index contributed by atoms with van der Waals surface area (Å²) in [5.41, 5.74) is 5.04. The largest absolute Gasteiger partial charge is 0.461 e. The quantitative estimate of drug-likeness (QED) is 0.622. The molecule has 3 rings (SSSR count). The van der Waals surface area contributed by atoms with Gasteiger partial charge in [-0.25, -0.2) is 4.79 Å². The van der Waals surface area contributed by atoms with E-state index in [1.807, 2.05) is 48.5 Å². The minimum Gasteiger partial charge on any atom is -0.461 e. The number of hydrogen-bond acceptors (Lipinski definition) is 4. The van der Waals surface area contributed by atoms with Gasteiger partial charge < -0.3 is 9.30 Å². The minimum absolute atomic E-state index is 0.264. The van der Waals surface area contributed by atoms with Crippen molar-refractivity contribution >= 4 is 5.97 Å². The van der Waals surface area contributed by atoms with Gasteiger partial charge in [0.1, 0.15) is 11.8 Å². The van der Waals surface area contributed by atoms with Crippen LogP contribution in [-0.2, 0) is 18.2 Å². The van der Waals surface area contributed by atoms with Gasteiger partial charge in [-0.3, -0.25) is 0 Å². The minimum atomic E-state index is -0.454. The number of rotatable bonds is 5. The van der Waals surface area contributed by atoms with Gasteiger partial charge in [0, 0.05) is 18.8 Å². The second-order valence-corrected chi connectivity index (χ2v) is 6.28. The fourth-order valence-corrected chi connectivity index (χ4v) is 3.31. The lowest BCUT2D eigenvalue weighted by Gasteiger charge is -2.10. The first-order valence-corrected chi connectivity index (χ1v) is 8.92. The molecule has 0 aliphatic rings. The van der Waals surface area contributed by atoms with Crippen LogP contribution in [0.4, 0.5) is 0 Å². The zero-order chi connectivity index (χ0) is 20.1. The highest BCUT2D eigenvalue weighted by atomic mass is 16.5. The predicted octanol–water partition coefficient (Wildman–Crippen LogP) is 4.47. The second-order valence-electron chi connectivity index (χ2n) is 6.28. The van der Waals surface area contributed by atoms with Gasteiger partial charge in [0.05, 0.1) is 24.7 Å².